The molecular formula is C11H7Cl4NS. The van der Waals surface area contributed by atoms with Crippen molar-refractivity contribution in [2.75, 3.05) is 0 Å². The molecule has 2 rings (SSSR count). The van der Waals surface area contributed by atoms with E-state index in [2.05, 4.69) is 0 Å². The van der Waals surface area contributed by atoms with Crippen LogP contribution in [0.2, 0.25) is 20.1 Å². The van der Waals surface area contributed by atoms with Crippen molar-refractivity contribution in [3.05, 3.63) is 43.2 Å². The first-order chi connectivity index (χ1) is 8.04. The molecule has 0 atom stereocenters. The van der Waals surface area contributed by atoms with Crippen molar-refractivity contribution in [3.8, 4) is 10.4 Å². The molecule has 1 heterocycles. The van der Waals surface area contributed by atoms with Gasteiger partial charge in [0, 0.05) is 21.9 Å². The Morgan fingerprint density at radius 2 is 1.71 bits per heavy atom. The van der Waals surface area contributed by atoms with Crippen LogP contribution in [0, 0.1) is 0 Å². The zero-order chi connectivity index (χ0) is 12.6. The quantitative estimate of drug-likeness (QED) is 0.573. The van der Waals surface area contributed by atoms with Crippen molar-refractivity contribution < 1.29 is 0 Å². The summed E-state index contributed by atoms with van der Waals surface area (Å²) in [5.74, 6) is 0. The Morgan fingerprint density at radius 1 is 1.00 bits per heavy atom. The van der Waals surface area contributed by atoms with Gasteiger partial charge in [0.1, 0.15) is 0 Å². The lowest BCUT2D eigenvalue weighted by molar-refractivity contribution is 1.11. The van der Waals surface area contributed by atoms with Gasteiger partial charge < -0.3 is 5.73 Å². The third-order valence-electron chi connectivity index (χ3n) is 2.22. The number of benzene rings is 1. The zero-order valence-electron chi connectivity index (χ0n) is 8.44. The first-order valence-corrected chi connectivity index (χ1v) is 6.99. The van der Waals surface area contributed by atoms with Gasteiger partial charge in [-0.1, -0.05) is 46.4 Å². The van der Waals surface area contributed by atoms with Crippen molar-refractivity contribution in [2.24, 2.45) is 5.73 Å². The SMILES string of the molecule is NCc1ccc(-c2c(Cl)cc(Cl)c(Cl)c2Cl)s1. The Labute approximate surface area is 123 Å². The van der Waals surface area contributed by atoms with Crippen LogP contribution in [0.25, 0.3) is 10.4 Å². The molecule has 6 heteroatoms. The van der Waals surface area contributed by atoms with Gasteiger partial charge in [-0.2, -0.15) is 0 Å². The fraction of sp³-hybridized carbons (Fsp3) is 0.0909. The van der Waals surface area contributed by atoms with Gasteiger partial charge in [-0.25, -0.2) is 0 Å². The minimum absolute atomic E-state index is 0.315. The van der Waals surface area contributed by atoms with Gasteiger partial charge >= 0.3 is 0 Å². The van der Waals surface area contributed by atoms with Crippen LogP contribution in [0.4, 0.5) is 0 Å². The first-order valence-electron chi connectivity index (χ1n) is 4.66. The molecule has 1 aromatic carbocycles. The Bertz CT molecular complexity index is 565. The Morgan fingerprint density at radius 3 is 2.29 bits per heavy atom. The highest BCUT2D eigenvalue weighted by atomic mass is 35.5. The smallest absolute Gasteiger partial charge is 0.0786 e. The van der Waals surface area contributed by atoms with Gasteiger partial charge in [-0.05, 0) is 18.2 Å². The van der Waals surface area contributed by atoms with E-state index in [9.17, 15) is 0 Å². The minimum atomic E-state index is 0.315. The minimum Gasteiger partial charge on any atom is -0.326 e. The highest BCUT2D eigenvalue weighted by Crippen LogP contribution is 2.44. The number of rotatable bonds is 2. The maximum absolute atomic E-state index is 6.17. The molecule has 0 fully saturated rings. The number of hydrogen-bond donors (Lipinski definition) is 1. The van der Waals surface area contributed by atoms with Crippen LogP contribution in [0.5, 0.6) is 0 Å². The van der Waals surface area contributed by atoms with Crippen LogP contribution in [0.15, 0.2) is 18.2 Å². The van der Waals surface area contributed by atoms with Gasteiger partial charge in [-0.15, -0.1) is 11.3 Å². The largest absolute Gasteiger partial charge is 0.326 e. The van der Waals surface area contributed by atoms with E-state index in [0.717, 1.165) is 9.75 Å². The monoisotopic (exact) mass is 325 g/mol. The van der Waals surface area contributed by atoms with Gasteiger partial charge in [0.15, 0.2) is 0 Å². The lowest BCUT2D eigenvalue weighted by Crippen LogP contribution is -1.91. The lowest BCUT2D eigenvalue weighted by atomic mass is 10.2. The summed E-state index contributed by atoms with van der Waals surface area (Å²) in [6.07, 6.45) is 0. The van der Waals surface area contributed by atoms with E-state index in [4.69, 9.17) is 52.1 Å². The summed E-state index contributed by atoms with van der Waals surface area (Å²) in [5.41, 5.74) is 6.27. The fourth-order valence-corrected chi connectivity index (χ4v) is 3.59. The molecule has 0 aliphatic rings. The van der Waals surface area contributed by atoms with Crippen molar-refractivity contribution in [2.45, 2.75) is 6.54 Å². The Balaban J connectivity index is 2.62. The average molecular weight is 327 g/mol. The van der Waals surface area contributed by atoms with E-state index in [-0.39, 0.29) is 0 Å². The molecule has 90 valence electrons. The van der Waals surface area contributed by atoms with Gasteiger partial charge in [0.2, 0.25) is 0 Å². The summed E-state index contributed by atoms with van der Waals surface area (Å²) >= 11 is 25.7. The molecule has 17 heavy (non-hydrogen) atoms. The molecule has 0 bridgehead atoms. The lowest BCUT2D eigenvalue weighted by Gasteiger charge is -2.08. The number of thiophene rings is 1. The van der Waals surface area contributed by atoms with Gasteiger partial charge in [0.05, 0.1) is 20.1 Å². The predicted molar refractivity (Wildman–Crippen MR) is 77.7 cm³/mol. The fourth-order valence-electron chi connectivity index (χ4n) is 1.41. The second kappa shape index (κ2) is 5.35. The maximum Gasteiger partial charge on any atom is 0.0786 e. The summed E-state index contributed by atoms with van der Waals surface area (Å²) in [4.78, 5) is 1.98. The molecule has 0 spiro atoms. The molecule has 1 nitrogen and oxygen atoms in total. The summed E-state index contributed by atoms with van der Waals surface area (Å²) in [6, 6.07) is 5.45. The van der Waals surface area contributed by atoms with Crippen LogP contribution >= 0.6 is 57.7 Å². The van der Waals surface area contributed by atoms with Crippen molar-refractivity contribution in [1.29, 1.82) is 0 Å². The van der Waals surface area contributed by atoms with E-state index in [1.165, 1.54) is 11.3 Å². The van der Waals surface area contributed by atoms with Crippen LogP contribution in [0.3, 0.4) is 0 Å². The highest BCUT2D eigenvalue weighted by Gasteiger charge is 2.16. The van der Waals surface area contributed by atoms with Crippen LogP contribution in [-0.4, -0.2) is 0 Å². The van der Waals surface area contributed by atoms with Crippen LogP contribution in [-0.2, 0) is 6.54 Å². The molecule has 0 amide bonds. The van der Waals surface area contributed by atoms with E-state index >= 15 is 0 Å². The zero-order valence-corrected chi connectivity index (χ0v) is 12.3. The summed E-state index contributed by atoms with van der Waals surface area (Å²) in [7, 11) is 0. The third kappa shape index (κ3) is 2.58. The summed E-state index contributed by atoms with van der Waals surface area (Å²) in [5, 5.41) is 1.51. The molecule has 0 aliphatic carbocycles. The Hall–Kier alpha value is 0.0400. The molecule has 2 aromatic rings. The topological polar surface area (TPSA) is 26.0 Å². The van der Waals surface area contributed by atoms with Gasteiger partial charge in [-0.3, -0.25) is 0 Å². The molecule has 0 radical (unpaired) electrons. The van der Waals surface area contributed by atoms with E-state index in [0.29, 0.717) is 32.2 Å². The van der Waals surface area contributed by atoms with Crippen LogP contribution < -0.4 is 5.73 Å². The molecular weight excluding hydrogens is 320 g/mol. The second-order valence-electron chi connectivity index (χ2n) is 3.31. The standard InChI is InChI=1S/C11H7Cl4NS/c12-6-3-7(13)10(14)11(15)9(6)8-2-1-5(4-16)17-8/h1-3H,4,16H2. The summed E-state index contributed by atoms with van der Waals surface area (Å²) < 4.78 is 0. The van der Waals surface area contributed by atoms with E-state index < -0.39 is 0 Å². The Kier molecular flexibility index (Phi) is 4.24. The molecule has 2 N–H and O–H groups in total. The van der Waals surface area contributed by atoms with E-state index in [1.54, 1.807) is 6.07 Å². The normalized spacial score (nSPS) is 10.9. The third-order valence-corrected chi connectivity index (χ3v) is 4.91. The van der Waals surface area contributed by atoms with Crippen molar-refractivity contribution in [3.63, 3.8) is 0 Å². The number of nitrogens with two attached hydrogens (primary N) is 1. The second-order valence-corrected chi connectivity index (χ2v) is 6.05. The molecule has 0 aliphatic heterocycles. The highest BCUT2D eigenvalue weighted by molar-refractivity contribution is 7.15. The average Bonchev–Trinajstić information content (AvgIpc) is 2.74. The number of hydrogen-bond acceptors (Lipinski definition) is 2. The molecule has 0 unspecified atom stereocenters. The van der Waals surface area contributed by atoms with Crippen molar-refractivity contribution >= 4 is 57.7 Å². The predicted octanol–water partition coefficient (Wildman–Crippen LogP) is 5.49. The van der Waals surface area contributed by atoms with Gasteiger partial charge in [0.25, 0.3) is 0 Å². The first kappa shape index (κ1) is 13.5. The maximum atomic E-state index is 6.17. The molecule has 0 saturated heterocycles. The number of halogens is 4. The summed E-state index contributed by atoms with van der Waals surface area (Å²) in [6.45, 7) is 0.487. The van der Waals surface area contributed by atoms with Crippen LogP contribution in [0.1, 0.15) is 4.88 Å². The molecule has 0 saturated carbocycles. The van der Waals surface area contributed by atoms with Crippen molar-refractivity contribution in [1.82, 2.24) is 0 Å². The van der Waals surface area contributed by atoms with E-state index in [1.807, 2.05) is 12.1 Å². The molecule has 1 aromatic heterocycles.